The summed E-state index contributed by atoms with van der Waals surface area (Å²) in [6, 6.07) is 7.37. The fourth-order valence-corrected chi connectivity index (χ4v) is 1.37. The molecule has 0 spiro atoms. The van der Waals surface area contributed by atoms with Gasteiger partial charge in [-0.05, 0) is 11.6 Å². The van der Waals surface area contributed by atoms with Crippen molar-refractivity contribution in [2.24, 2.45) is 0 Å². The predicted octanol–water partition coefficient (Wildman–Crippen LogP) is 1.26. The van der Waals surface area contributed by atoms with Gasteiger partial charge in [-0.3, -0.25) is 4.79 Å². The zero-order valence-electron chi connectivity index (χ0n) is 7.34. The van der Waals surface area contributed by atoms with Gasteiger partial charge in [0.05, 0.1) is 18.1 Å². The minimum absolute atomic E-state index is 0.0178. The number of nitrogens with zero attached hydrogens (tertiary/aromatic N) is 2. The molecule has 14 heavy (non-hydrogen) atoms. The van der Waals surface area contributed by atoms with Crippen LogP contribution in [0.5, 0.6) is 0 Å². The molecule has 1 aromatic heterocycles. The second-order valence-electron chi connectivity index (χ2n) is 2.96. The molecule has 0 fully saturated rings. The minimum atomic E-state index is -0.858. The van der Waals surface area contributed by atoms with Gasteiger partial charge < -0.3 is 5.11 Å². The van der Waals surface area contributed by atoms with Gasteiger partial charge in [-0.15, -0.1) is 0 Å². The van der Waals surface area contributed by atoms with E-state index in [0.717, 1.165) is 10.9 Å². The molecule has 1 N–H and O–H groups in total. The predicted molar refractivity (Wildman–Crippen MR) is 50.9 cm³/mol. The Morgan fingerprint density at radius 2 is 2.14 bits per heavy atom. The van der Waals surface area contributed by atoms with E-state index in [9.17, 15) is 4.79 Å². The lowest BCUT2D eigenvalue weighted by atomic mass is 10.1. The lowest BCUT2D eigenvalue weighted by Crippen LogP contribution is -2.02. The van der Waals surface area contributed by atoms with Crippen LogP contribution in [0, 0.1) is 0 Å². The van der Waals surface area contributed by atoms with E-state index in [0.29, 0.717) is 5.56 Å². The maximum Gasteiger partial charge on any atom is 0.307 e. The first-order valence-corrected chi connectivity index (χ1v) is 4.18. The summed E-state index contributed by atoms with van der Waals surface area (Å²) in [5.74, 6) is -0.858. The molecule has 2 rings (SSSR count). The van der Waals surface area contributed by atoms with Crippen molar-refractivity contribution in [2.45, 2.75) is 6.42 Å². The molecule has 0 radical (unpaired) electrons. The van der Waals surface area contributed by atoms with E-state index in [4.69, 9.17) is 5.11 Å². The van der Waals surface area contributed by atoms with Gasteiger partial charge in [0.1, 0.15) is 0 Å². The topological polar surface area (TPSA) is 63.1 Å². The molecule has 4 nitrogen and oxygen atoms in total. The molecule has 0 unspecified atom stereocenters. The van der Waals surface area contributed by atoms with Crippen molar-refractivity contribution < 1.29 is 9.90 Å². The molecule has 1 aromatic carbocycles. The van der Waals surface area contributed by atoms with E-state index in [-0.39, 0.29) is 6.42 Å². The lowest BCUT2D eigenvalue weighted by molar-refractivity contribution is -0.136. The highest BCUT2D eigenvalue weighted by molar-refractivity contribution is 5.85. The molecule has 4 heteroatoms. The highest BCUT2D eigenvalue weighted by Gasteiger charge is 2.05. The Kier molecular flexibility index (Phi) is 2.10. The molecule has 0 saturated heterocycles. The first-order valence-electron chi connectivity index (χ1n) is 4.18. The Bertz CT molecular complexity index is 477. The molecule has 0 aliphatic heterocycles. The van der Waals surface area contributed by atoms with E-state index in [1.807, 2.05) is 24.3 Å². The Labute approximate surface area is 80.2 Å². The van der Waals surface area contributed by atoms with Gasteiger partial charge >= 0.3 is 5.97 Å². The van der Waals surface area contributed by atoms with Crippen LogP contribution in [0.2, 0.25) is 0 Å². The second kappa shape index (κ2) is 3.41. The van der Waals surface area contributed by atoms with E-state index in [2.05, 4.69) is 10.2 Å². The molecule has 70 valence electrons. The first kappa shape index (κ1) is 8.62. The number of rotatable bonds is 2. The van der Waals surface area contributed by atoms with E-state index in [1.54, 1.807) is 0 Å². The number of carboxylic acids is 1. The Morgan fingerprint density at radius 1 is 1.36 bits per heavy atom. The van der Waals surface area contributed by atoms with Gasteiger partial charge in [-0.25, -0.2) is 0 Å². The SMILES string of the molecule is O=C(O)Cc1cnnc2ccccc12. The Hall–Kier alpha value is -1.97. The molecular weight excluding hydrogens is 180 g/mol. The summed E-state index contributed by atoms with van der Waals surface area (Å²) < 4.78 is 0. The van der Waals surface area contributed by atoms with Crippen LogP contribution in [-0.4, -0.2) is 21.3 Å². The van der Waals surface area contributed by atoms with E-state index >= 15 is 0 Å². The zero-order valence-corrected chi connectivity index (χ0v) is 7.34. The molecule has 0 bridgehead atoms. The van der Waals surface area contributed by atoms with Crippen molar-refractivity contribution in [3.05, 3.63) is 36.0 Å². The van der Waals surface area contributed by atoms with Gasteiger partial charge in [0.25, 0.3) is 0 Å². The standard InChI is InChI=1S/C10H8N2O2/c13-10(14)5-7-6-11-12-9-4-2-1-3-8(7)9/h1-4,6H,5H2,(H,13,14). The molecule has 0 saturated carbocycles. The Balaban J connectivity index is 2.59. The summed E-state index contributed by atoms with van der Waals surface area (Å²) in [6.45, 7) is 0. The third-order valence-electron chi connectivity index (χ3n) is 1.97. The minimum Gasteiger partial charge on any atom is -0.481 e. The van der Waals surface area contributed by atoms with Crippen LogP contribution in [-0.2, 0) is 11.2 Å². The van der Waals surface area contributed by atoms with Crippen LogP contribution in [0.25, 0.3) is 10.9 Å². The summed E-state index contributed by atoms with van der Waals surface area (Å²) >= 11 is 0. The van der Waals surface area contributed by atoms with Crippen LogP contribution in [0.15, 0.2) is 30.5 Å². The van der Waals surface area contributed by atoms with Crippen LogP contribution in [0.3, 0.4) is 0 Å². The average Bonchev–Trinajstić information content (AvgIpc) is 2.18. The number of carboxylic acid groups (broad SMARTS) is 1. The Morgan fingerprint density at radius 3 is 2.93 bits per heavy atom. The normalized spacial score (nSPS) is 10.3. The monoisotopic (exact) mass is 188 g/mol. The summed E-state index contributed by atoms with van der Waals surface area (Å²) in [5, 5.41) is 17.2. The zero-order chi connectivity index (χ0) is 9.97. The smallest absolute Gasteiger partial charge is 0.307 e. The largest absolute Gasteiger partial charge is 0.481 e. The van der Waals surface area contributed by atoms with Crippen LogP contribution < -0.4 is 0 Å². The van der Waals surface area contributed by atoms with Crippen molar-refractivity contribution in [3.63, 3.8) is 0 Å². The highest BCUT2D eigenvalue weighted by Crippen LogP contribution is 2.15. The molecule has 2 aromatic rings. The van der Waals surface area contributed by atoms with Crippen LogP contribution in [0.1, 0.15) is 5.56 Å². The number of aromatic nitrogens is 2. The molecule has 0 atom stereocenters. The summed E-state index contributed by atoms with van der Waals surface area (Å²) in [5.41, 5.74) is 1.43. The third kappa shape index (κ3) is 1.54. The van der Waals surface area contributed by atoms with Gasteiger partial charge in [0.15, 0.2) is 0 Å². The maximum absolute atomic E-state index is 10.6. The summed E-state index contributed by atoms with van der Waals surface area (Å²) in [4.78, 5) is 10.6. The number of hydrogen-bond donors (Lipinski definition) is 1. The van der Waals surface area contributed by atoms with Gasteiger partial charge in [-0.1, -0.05) is 18.2 Å². The number of carbonyl (C=O) groups is 1. The van der Waals surface area contributed by atoms with Crippen molar-refractivity contribution in [2.75, 3.05) is 0 Å². The highest BCUT2D eigenvalue weighted by atomic mass is 16.4. The van der Waals surface area contributed by atoms with Gasteiger partial charge in [-0.2, -0.15) is 10.2 Å². The van der Waals surface area contributed by atoms with E-state index < -0.39 is 5.97 Å². The number of fused-ring (bicyclic) bond motifs is 1. The molecule has 0 aliphatic rings. The molecular formula is C10H8N2O2. The lowest BCUT2D eigenvalue weighted by Gasteiger charge is -2.00. The fourth-order valence-electron chi connectivity index (χ4n) is 1.37. The average molecular weight is 188 g/mol. The molecule has 1 heterocycles. The number of aliphatic carboxylic acids is 1. The second-order valence-corrected chi connectivity index (χ2v) is 2.96. The van der Waals surface area contributed by atoms with Crippen LogP contribution in [0.4, 0.5) is 0 Å². The quantitative estimate of drug-likeness (QED) is 0.770. The van der Waals surface area contributed by atoms with E-state index in [1.165, 1.54) is 6.20 Å². The number of hydrogen-bond acceptors (Lipinski definition) is 3. The van der Waals surface area contributed by atoms with Crippen molar-refractivity contribution in [1.82, 2.24) is 10.2 Å². The molecule has 0 amide bonds. The maximum atomic E-state index is 10.6. The first-order chi connectivity index (χ1) is 6.77. The number of benzene rings is 1. The van der Waals surface area contributed by atoms with Gasteiger partial charge in [0.2, 0.25) is 0 Å². The summed E-state index contributed by atoms with van der Waals surface area (Å²) in [6.07, 6.45) is 1.48. The van der Waals surface area contributed by atoms with Crippen LogP contribution >= 0.6 is 0 Å². The van der Waals surface area contributed by atoms with Crippen molar-refractivity contribution >= 4 is 16.9 Å². The summed E-state index contributed by atoms with van der Waals surface area (Å²) in [7, 11) is 0. The van der Waals surface area contributed by atoms with Crippen molar-refractivity contribution in [1.29, 1.82) is 0 Å². The van der Waals surface area contributed by atoms with Gasteiger partial charge in [0, 0.05) is 5.39 Å². The third-order valence-corrected chi connectivity index (χ3v) is 1.97. The fraction of sp³-hybridized carbons (Fsp3) is 0.100. The molecule has 0 aliphatic carbocycles. The van der Waals surface area contributed by atoms with Crippen molar-refractivity contribution in [3.8, 4) is 0 Å².